The first kappa shape index (κ1) is 33.2. The minimum atomic E-state index is -2.25. The largest absolute Gasteiger partial charge is 0.460 e. The maximum atomic E-state index is 13.8. The number of benzene rings is 1. The SMILES string of the molecule is CC(COCc1ccccc1)C(O[Si](C)(C)C(C)(C)C)C(C)C(=O)C(C)(C)C(=O)CC(=O)OC(C)(C)C. The molecule has 1 rings (SSSR count). The summed E-state index contributed by atoms with van der Waals surface area (Å²) in [6.45, 7) is 24.0. The molecule has 0 aliphatic carbocycles. The fraction of sp³-hybridized carbons (Fsp3) is 0.700. The zero-order valence-electron chi connectivity index (χ0n) is 25.2. The number of hydrogen-bond acceptors (Lipinski definition) is 6. The fourth-order valence-electron chi connectivity index (χ4n) is 3.85. The zero-order chi connectivity index (χ0) is 28.8. The number of Topliss-reactive ketones (excluding diaryl/α,β-unsaturated/α-hetero) is 2. The molecule has 1 aromatic rings. The smallest absolute Gasteiger partial charge is 0.313 e. The summed E-state index contributed by atoms with van der Waals surface area (Å²) in [6, 6.07) is 9.94. The number of carbonyl (C=O) groups is 3. The Bertz CT molecular complexity index is 908. The summed E-state index contributed by atoms with van der Waals surface area (Å²) in [5.41, 5.74) is -0.971. The topological polar surface area (TPSA) is 78.9 Å². The van der Waals surface area contributed by atoms with Crippen LogP contribution in [0.25, 0.3) is 0 Å². The van der Waals surface area contributed by atoms with Crippen molar-refractivity contribution < 1.29 is 28.3 Å². The van der Waals surface area contributed by atoms with Crippen LogP contribution in [-0.4, -0.2) is 44.2 Å². The normalized spacial score (nSPS) is 15.6. The first-order valence-corrected chi connectivity index (χ1v) is 16.2. The molecular weight excluding hydrogens is 484 g/mol. The summed E-state index contributed by atoms with van der Waals surface area (Å²) in [5.74, 6) is -1.96. The van der Waals surface area contributed by atoms with E-state index in [4.69, 9.17) is 13.9 Å². The molecule has 1 aromatic carbocycles. The van der Waals surface area contributed by atoms with Crippen molar-refractivity contribution in [2.45, 2.75) is 112 Å². The lowest BCUT2D eigenvalue weighted by atomic mass is 9.74. The third kappa shape index (κ3) is 10.1. The standard InChI is InChI=1S/C30H50O6Si/c1-21(19-34-20-23-16-14-13-15-17-23)26(36-37(11,12)29(6,7)8)22(2)27(33)30(9,10)24(31)18-25(32)35-28(3,4)5/h13-17,21-22,26H,18-20H2,1-12H3. The van der Waals surface area contributed by atoms with E-state index in [0.29, 0.717) is 13.2 Å². The second kappa shape index (κ2) is 12.8. The molecule has 210 valence electrons. The maximum Gasteiger partial charge on any atom is 0.313 e. The average Bonchev–Trinajstić information content (AvgIpc) is 2.74. The third-order valence-electron chi connectivity index (χ3n) is 7.23. The highest BCUT2D eigenvalue weighted by Crippen LogP contribution is 2.40. The molecule has 0 saturated carbocycles. The van der Waals surface area contributed by atoms with Crippen LogP contribution in [0.15, 0.2) is 30.3 Å². The van der Waals surface area contributed by atoms with Gasteiger partial charge in [0.15, 0.2) is 19.9 Å². The van der Waals surface area contributed by atoms with E-state index in [1.807, 2.05) is 44.2 Å². The van der Waals surface area contributed by atoms with Gasteiger partial charge >= 0.3 is 5.97 Å². The van der Waals surface area contributed by atoms with Crippen LogP contribution >= 0.6 is 0 Å². The summed E-state index contributed by atoms with van der Waals surface area (Å²) in [7, 11) is -2.25. The van der Waals surface area contributed by atoms with Gasteiger partial charge in [-0.2, -0.15) is 0 Å². The van der Waals surface area contributed by atoms with E-state index in [1.54, 1.807) is 34.6 Å². The Morgan fingerprint density at radius 3 is 1.92 bits per heavy atom. The predicted octanol–water partition coefficient (Wildman–Crippen LogP) is 6.76. The minimum absolute atomic E-state index is 0.0549. The molecule has 0 fully saturated rings. The molecule has 0 aromatic heterocycles. The quantitative estimate of drug-likeness (QED) is 0.158. The summed E-state index contributed by atoms with van der Waals surface area (Å²) < 4.78 is 18.1. The number of hydrogen-bond donors (Lipinski definition) is 0. The van der Waals surface area contributed by atoms with E-state index < -0.39 is 49.5 Å². The highest BCUT2D eigenvalue weighted by atomic mass is 28.4. The van der Waals surface area contributed by atoms with Crippen molar-refractivity contribution in [3.05, 3.63) is 35.9 Å². The van der Waals surface area contributed by atoms with Crippen LogP contribution in [0, 0.1) is 17.3 Å². The monoisotopic (exact) mass is 534 g/mol. The van der Waals surface area contributed by atoms with Crippen molar-refractivity contribution in [3.8, 4) is 0 Å². The van der Waals surface area contributed by atoms with Gasteiger partial charge in [0, 0.05) is 11.8 Å². The molecule has 7 heteroatoms. The molecule has 0 saturated heterocycles. The Hall–Kier alpha value is -1.83. The van der Waals surface area contributed by atoms with E-state index in [2.05, 4.69) is 33.9 Å². The van der Waals surface area contributed by atoms with Crippen LogP contribution < -0.4 is 0 Å². The number of ketones is 2. The molecule has 0 radical (unpaired) electrons. The summed E-state index contributed by atoms with van der Waals surface area (Å²) in [5, 5.41) is -0.0549. The third-order valence-corrected chi connectivity index (χ3v) is 11.7. The van der Waals surface area contributed by atoms with Gasteiger partial charge < -0.3 is 13.9 Å². The van der Waals surface area contributed by atoms with E-state index in [1.165, 1.54) is 0 Å². The van der Waals surface area contributed by atoms with Crippen molar-refractivity contribution in [1.82, 2.24) is 0 Å². The van der Waals surface area contributed by atoms with E-state index in [9.17, 15) is 14.4 Å². The lowest BCUT2D eigenvalue weighted by Crippen LogP contribution is -2.51. The molecule has 0 spiro atoms. The number of esters is 1. The zero-order valence-corrected chi connectivity index (χ0v) is 26.2. The average molecular weight is 535 g/mol. The van der Waals surface area contributed by atoms with Crippen molar-refractivity contribution in [1.29, 1.82) is 0 Å². The highest BCUT2D eigenvalue weighted by molar-refractivity contribution is 6.74. The van der Waals surface area contributed by atoms with Crippen LogP contribution in [0.3, 0.4) is 0 Å². The minimum Gasteiger partial charge on any atom is -0.460 e. The van der Waals surface area contributed by atoms with Gasteiger partial charge in [0.2, 0.25) is 0 Å². The number of rotatable bonds is 13. The summed E-state index contributed by atoms with van der Waals surface area (Å²) in [6.07, 6.45) is -0.871. The van der Waals surface area contributed by atoms with Crippen LogP contribution in [0.5, 0.6) is 0 Å². The first-order chi connectivity index (χ1) is 16.7. The van der Waals surface area contributed by atoms with Crippen LogP contribution in [0.2, 0.25) is 18.1 Å². The predicted molar refractivity (Wildman–Crippen MR) is 151 cm³/mol. The molecule has 3 atom stereocenters. The summed E-state index contributed by atoms with van der Waals surface area (Å²) in [4.78, 5) is 39.2. The van der Waals surface area contributed by atoms with Gasteiger partial charge in [-0.15, -0.1) is 0 Å². The molecule has 0 aliphatic rings. The molecule has 0 amide bonds. The second-order valence-electron chi connectivity index (χ2n) is 13.3. The van der Waals surface area contributed by atoms with E-state index >= 15 is 0 Å². The van der Waals surface area contributed by atoms with Gasteiger partial charge in [0.1, 0.15) is 12.0 Å². The van der Waals surface area contributed by atoms with Gasteiger partial charge in [0.25, 0.3) is 0 Å². The van der Waals surface area contributed by atoms with Crippen molar-refractivity contribution in [2.75, 3.05) is 6.61 Å². The van der Waals surface area contributed by atoms with Gasteiger partial charge in [-0.05, 0) is 58.3 Å². The molecule has 0 bridgehead atoms. The first-order valence-electron chi connectivity index (χ1n) is 13.3. The second-order valence-corrected chi connectivity index (χ2v) is 18.0. The Labute approximate surface area is 226 Å². The lowest BCUT2D eigenvalue weighted by Gasteiger charge is -2.43. The van der Waals surface area contributed by atoms with Gasteiger partial charge in [-0.3, -0.25) is 14.4 Å². The Morgan fingerprint density at radius 1 is 0.892 bits per heavy atom. The highest BCUT2D eigenvalue weighted by Gasteiger charge is 2.46. The van der Waals surface area contributed by atoms with Gasteiger partial charge in [-0.1, -0.05) is 65.0 Å². The van der Waals surface area contributed by atoms with Crippen LogP contribution in [0.1, 0.15) is 81.2 Å². The number of carbonyl (C=O) groups excluding carboxylic acids is 3. The van der Waals surface area contributed by atoms with Crippen molar-refractivity contribution in [3.63, 3.8) is 0 Å². The molecular formula is C30H50O6Si. The van der Waals surface area contributed by atoms with Crippen LogP contribution in [0.4, 0.5) is 0 Å². The van der Waals surface area contributed by atoms with Gasteiger partial charge in [-0.25, -0.2) is 0 Å². The van der Waals surface area contributed by atoms with E-state index in [-0.39, 0.29) is 16.7 Å². The van der Waals surface area contributed by atoms with E-state index in [0.717, 1.165) is 5.56 Å². The number of ether oxygens (including phenoxy) is 2. The maximum absolute atomic E-state index is 13.8. The van der Waals surface area contributed by atoms with Crippen molar-refractivity contribution in [2.24, 2.45) is 17.3 Å². The summed E-state index contributed by atoms with van der Waals surface area (Å²) >= 11 is 0. The van der Waals surface area contributed by atoms with Gasteiger partial charge in [0.05, 0.1) is 24.7 Å². The Morgan fingerprint density at radius 2 is 1.43 bits per heavy atom. The molecule has 3 unspecified atom stereocenters. The molecule has 37 heavy (non-hydrogen) atoms. The Kier molecular flexibility index (Phi) is 11.5. The molecule has 0 aliphatic heterocycles. The molecule has 6 nitrogen and oxygen atoms in total. The molecule has 0 heterocycles. The Balaban J connectivity index is 3.10. The van der Waals surface area contributed by atoms with Crippen molar-refractivity contribution >= 4 is 25.9 Å². The molecule has 0 N–H and O–H groups in total. The fourth-order valence-corrected chi connectivity index (χ4v) is 5.32. The van der Waals surface area contributed by atoms with Crippen LogP contribution in [-0.2, 0) is 34.9 Å². The lowest BCUT2D eigenvalue weighted by molar-refractivity contribution is -0.158.